The Labute approximate surface area is 180 Å². The summed E-state index contributed by atoms with van der Waals surface area (Å²) in [6, 6.07) is 16.2. The van der Waals surface area contributed by atoms with Crippen LogP contribution in [0.4, 0.5) is 0 Å². The van der Waals surface area contributed by atoms with Crippen molar-refractivity contribution in [3.8, 4) is 0 Å². The fraction of sp³-hybridized carbons (Fsp3) is 0.200. The molecule has 2 aromatic carbocycles. The first kappa shape index (κ1) is 23.5. The van der Waals surface area contributed by atoms with Crippen molar-refractivity contribution >= 4 is 9.84 Å². The van der Waals surface area contributed by atoms with E-state index >= 15 is 0 Å². The van der Waals surface area contributed by atoms with Crippen LogP contribution in [0.1, 0.15) is 17.2 Å². The number of ether oxygens (including phenoxy) is 1. The Morgan fingerprint density at radius 3 is 2.23 bits per heavy atom. The van der Waals surface area contributed by atoms with Crippen molar-refractivity contribution in [2.75, 3.05) is 13.2 Å². The highest BCUT2D eigenvalue weighted by atomic mass is 32.2. The van der Waals surface area contributed by atoms with Crippen molar-refractivity contribution in [2.24, 2.45) is 0 Å². The summed E-state index contributed by atoms with van der Waals surface area (Å²) < 4.78 is 31.1. The second kappa shape index (κ2) is 10.9. The largest absolute Gasteiger partial charge is 0.361 e. The minimum absolute atomic E-state index is 0.268. The van der Waals surface area contributed by atoms with Gasteiger partial charge >= 0.3 is 0 Å². The Morgan fingerprint density at radius 2 is 1.67 bits per heavy atom. The molecule has 4 nitrogen and oxygen atoms in total. The standard InChI is InChI=1S/C25H29NO3S/c1-5-19-29-25(6-2,7-3)24(22-12-9-8-10-13-22)26-18-11-20-30(27,28)23-16-14-21(4)15-17-23/h5-17,20,24,26H,1-3,18-19H2,4H3/t24-/m0/s1. The average molecular weight is 424 g/mol. The molecule has 0 aliphatic carbocycles. The summed E-state index contributed by atoms with van der Waals surface area (Å²) >= 11 is 0. The Hall–Kier alpha value is -2.73. The van der Waals surface area contributed by atoms with Gasteiger partial charge in [-0.05, 0) is 24.6 Å². The number of hydrogen-bond donors (Lipinski definition) is 1. The summed E-state index contributed by atoms with van der Waals surface area (Å²) in [5.74, 6) is 0. The molecule has 0 saturated heterocycles. The van der Waals surface area contributed by atoms with Gasteiger partial charge in [0.25, 0.3) is 0 Å². The van der Waals surface area contributed by atoms with Crippen molar-refractivity contribution in [1.82, 2.24) is 5.32 Å². The monoisotopic (exact) mass is 423 g/mol. The Kier molecular flexibility index (Phi) is 8.54. The SMILES string of the molecule is C=CCOC(C=C)(C=C)[C@@H](NCC=CS(=O)(=O)c1ccc(C)cc1)c1ccccc1. The number of aryl methyl sites for hydroxylation is 1. The Bertz CT molecular complexity index is 969. The number of hydrogen-bond acceptors (Lipinski definition) is 4. The lowest BCUT2D eigenvalue weighted by Gasteiger charge is -2.36. The molecular formula is C25H29NO3S. The molecule has 0 unspecified atom stereocenters. The topological polar surface area (TPSA) is 55.4 Å². The minimum Gasteiger partial charge on any atom is -0.361 e. The molecule has 158 valence electrons. The van der Waals surface area contributed by atoms with Crippen LogP contribution >= 0.6 is 0 Å². The van der Waals surface area contributed by atoms with E-state index < -0.39 is 15.4 Å². The van der Waals surface area contributed by atoms with Crippen molar-refractivity contribution in [1.29, 1.82) is 0 Å². The van der Waals surface area contributed by atoms with E-state index in [-0.39, 0.29) is 10.9 Å². The van der Waals surface area contributed by atoms with Gasteiger partial charge in [0.15, 0.2) is 9.84 Å². The maximum Gasteiger partial charge on any atom is 0.199 e. The second-order valence-electron chi connectivity index (χ2n) is 6.84. The number of benzene rings is 2. The van der Waals surface area contributed by atoms with Crippen LogP contribution in [-0.2, 0) is 14.6 Å². The molecule has 0 saturated carbocycles. The lowest BCUT2D eigenvalue weighted by molar-refractivity contribution is 0.0173. The van der Waals surface area contributed by atoms with E-state index in [2.05, 4.69) is 25.1 Å². The molecule has 0 bridgehead atoms. The second-order valence-corrected chi connectivity index (χ2v) is 8.68. The fourth-order valence-electron chi connectivity index (χ4n) is 3.07. The van der Waals surface area contributed by atoms with Crippen LogP contribution in [-0.4, -0.2) is 27.2 Å². The van der Waals surface area contributed by atoms with Gasteiger partial charge in [0.05, 0.1) is 17.5 Å². The van der Waals surface area contributed by atoms with Gasteiger partial charge in [-0.15, -0.1) is 6.58 Å². The minimum atomic E-state index is -3.51. The third-order valence-electron chi connectivity index (χ3n) is 4.74. The Balaban J connectivity index is 2.23. The van der Waals surface area contributed by atoms with Gasteiger partial charge in [-0.25, -0.2) is 8.42 Å². The maximum absolute atomic E-state index is 12.5. The van der Waals surface area contributed by atoms with Crippen LogP contribution < -0.4 is 5.32 Å². The summed E-state index contributed by atoms with van der Waals surface area (Å²) in [7, 11) is -3.51. The molecule has 0 heterocycles. The predicted molar refractivity (Wildman–Crippen MR) is 124 cm³/mol. The highest BCUT2D eigenvalue weighted by Gasteiger charge is 2.34. The van der Waals surface area contributed by atoms with Gasteiger partial charge in [0.1, 0.15) is 5.60 Å². The summed E-state index contributed by atoms with van der Waals surface area (Å²) in [5.41, 5.74) is 1.09. The fourth-order valence-corrected chi connectivity index (χ4v) is 4.10. The van der Waals surface area contributed by atoms with Crippen LogP contribution in [0.25, 0.3) is 0 Å². The van der Waals surface area contributed by atoms with E-state index in [9.17, 15) is 8.42 Å². The van der Waals surface area contributed by atoms with E-state index in [1.54, 1.807) is 48.6 Å². The summed E-state index contributed by atoms with van der Waals surface area (Å²) in [6.45, 7) is 14.1. The van der Waals surface area contributed by atoms with Gasteiger partial charge in [-0.3, -0.25) is 0 Å². The summed E-state index contributed by atoms with van der Waals surface area (Å²) in [4.78, 5) is 0.268. The molecule has 1 N–H and O–H groups in total. The number of sulfone groups is 1. The molecule has 2 aromatic rings. The zero-order valence-corrected chi connectivity index (χ0v) is 18.1. The molecule has 0 spiro atoms. The molecule has 2 rings (SSSR count). The molecule has 0 aliphatic rings. The van der Waals surface area contributed by atoms with Crippen molar-refractivity contribution in [3.63, 3.8) is 0 Å². The number of nitrogens with one attached hydrogen (secondary N) is 1. The molecule has 0 aromatic heterocycles. The van der Waals surface area contributed by atoms with Crippen molar-refractivity contribution in [2.45, 2.75) is 23.5 Å². The summed E-state index contributed by atoms with van der Waals surface area (Å²) in [5, 5.41) is 4.59. The molecule has 0 fully saturated rings. The lowest BCUT2D eigenvalue weighted by Crippen LogP contribution is -2.43. The highest BCUT2D eigenvalue weighted by molar-refractivity contribution is 7.94. The first-order valence-corrected chi connectivity index (χ1v) is 11.2. The lowest BCUT2D eigenvalue weighted by atomic mass is 9.88. The van der Waals surface area contributed by atoms with Crippen LogP contribution in [0, 0.1) is 6.92 Å². The van der Waals surface area contributed by atoms with Gasteiger partial charge in [-0.2, -0.15) is 0 Å². The molecule has 1 atom stereocenters. The van der Waals surface area contributed by atoms with Crippen LogP contribution in [0.5, 0.6) is 0 Å². The van der Waals surface area contributed by atoms with Crippen LogP contribution in [0.15, 0.2) is 109 Å². The summed E-state index contributed by atoms with van der Waals surface area (Å²) in [6.07, 6.45) is 6.65. The quantitative estimate of drug-likeness (QED) is 0.492. The smallest absolute Gasteiger partial charge is 0.199 e. The first-order chi connectivity index (χ1) is 14.4. The van der Waals surface area contributed by atoms with Crippen LogP contribution in [0.3, 0.4) is 0 Å². The van der Waals surface area contributed by atoms with Gasteiger partial charge in [-0.1, -0.05) is 85.5 Å². The average Bonchev–Trinajstić information content (AvgIpc) is 2.76. The predicted octanol–water partition coefficient (Wildman–Crippen LogP) is 4.93. The molecule has 0 aliphatic heterocycles. The van der Waals surface area contributed by atoms with E-state index in [0.29, 0.717) is 13.2 Å². The van der Waals surface area contributed by atoms with Gasteiger partial charge in [0.2, 0.25) is 0 Å². The van der Waals surface area contributed by atoms with Crippen LogP contribution in [0.2, 0.25) is 0 Å². The number of rotatable bonds is 12. The molecule has 5 heteroatoms. The third-order valence-corrected chi connectivity index (χ3v) is 6.22. The van der Waals surface area contributed by atoms with E-state index in [1.807, 2.05) is 37.3 Å². The van der Waals surface area contributed by atoms with E-state index in [0.717, 1.165) is 11.1 Å². The van der Waals surface area contributed by atoms with E-state index in [1.165, 1.54) is 5.41 Å². The highest BCUT2D eigenvalue weighted by Crippen LogP contribution is 2.32. The Morgan fingerprint density at radius 1 is 1.03 bits per heavy atom. The molecular weight excluding hydrogens is 394 g/mol. The zero-order chi connectivity index (χ0) is 22.0. The molecule has 30 heavy (non-hydrogen) atoms. The molecule has 0 radical (unpaired) electrons. The first-order valence-electron chi connectivity index (χ1n) is 9.67. The maximum atomic E-state index is 12.5. The van der Waals surface area contributed by atoms with Gasteiger partial charge < -0.3 is 10.1 Å². The van der Waals surface area contributed by atoms with Gasteiger partial charge in [0, 0.05) is 12.0 Å². The normalized spacial score (nSPS) is 13.1. The van der Waals surface area contributed by atoms with Crippen molar-refractivity contribution in [3.05, 3.63) is 115 Å². The van der Waals surface area contributed by atoms with E-state index in [4.69, 9.17) is 4.74 Å². The zero-order valence-electron chi connectivity index (χ0n) is 17.3. The third kappa shape index (κ3) is 5.89. The molecule has 0 amide bonds. The van der Waals surface area contributed by atoms with Crippen molar-refractivity contribution < 1.29 is 13.2 Å².